The van der Waals surface area contributed by atoms with E-state index in [1.165, 1.54) is 16.7 Å². The van der Waals surface area contributed by atoms with Gasteiger partial charge in [0.05, 0.1) is 32.4 Å². The summed E-state index contributed by atoms with van der Waals surface area (Å²) < 4.78 is 30.6. The van der Waals surface area contributed by atoms with E-state index in [4.69, 9.17) is 0 Å². The van der Waals surface area contributed by atoms with Gasteiger partial charge < -0.3 is 9.88 Å². The Morgan fingerprint density at radius 1 is 1.00 bits per heavy atom. The van der Waals surface area contributed by atoms with E-state index in [9.17, 15) is 18.0 Å². The number of hydrogen-bond donors (Lipinski definition) is 2. The van der Waals surface area contributed by atoms with Gasteiger partial charge in [0, 0.05) is 7.05 Å². The van der Waals surface area contributed by atoms with Crippen LogP contribution in [0.4, 0.5) is 5.69 Å². The SMILES string of the molecule is CC(NC(=O)c1ccccc1NS(=O)(=O)c1ccc2c(c1)sc(=O)n2C)c1ccccc1. The van der Waals surface area contributed by atoms with E-state index in [2.05, 4.69) is 10.0 Å². The number of carbonyl (C=O) groups is 1. The molecule has 0 aliphatic rings. The van der Waals surface area contributed by atoms with Gasteiger partial charge in [-0.2, -0.15) is 0 Å². The van der Waals surface area contributed by atoms with E-state index in [0.29, 0.717) is 10.2 Å². The van der Waals surface area contributed by atoms with E-state index in [1.807, 2.05) is 37.3 Å². The van der Waals surface area contributed by atoms with Gasteiger partial charge in [-0.3, -0.25) is 14.3 Å². The highest BCUT2D eigenvalue weighted by atomic mass is 32.2. The van der Waals surface area contributed by atoms with Gasteiger partial charge in [-0.15, -0.1) is 0 Å². The predicted octanol–water partition coefficient (Wildman–Crippen LogP) is 3.89. The molecule has 9 heteroatoms. The molecule has 0 aliphatic heterocycles. The third-order valence-electron chi connectivity index (χ3n) is 5.14. The molecule has 3 aromatic carbocycles. The number of fused-ring (bicyclic) bond motifs is 1. The lowest BCUT2D eigenvalue weighted by Gasteiger charge is -2.17. The molecule has 0 saturated heterocycles. The molecule has 1 atom stereocenters. The first-order valence-electron chi connectivity index (χ1n) is 9.83. The molecule has 0 aliphatic carbocycles. The van der Waals surface area contributed by atoms with Crippen LogP contribution >= 0.6 is 11.3 Å². The van der Waals surface area contributed by atoms with Gasteiger partial charge in [0.15, 0.2) is 0 Å². The van der Waals surface area contributed by atoms with Crippen molar-refractivity contribution in [1.82, 2.24) is 9.88 Å². The van der Waals surface area contributed by atoms with Crippen molar-refractivity contribution in [3.63, 3.8) is 0 Å². The molecule has 4 rings (SSSR count). The van der Waals surface area contributed by atoms with Crippen LogP contribution in [0.1, 0.15) is 28.9 Å². The fourth-order valence-corrected chi connectivity index (χ4v) is 5.45. The van der Waals surface area contributed by atoms with E-state index < -0.39 is 15.9 Å². The number of aromatic nitrogens is 1. The van der Waals surface area contributed by atoms with Crippen molar-refractivity contribution in [1.29, 1.82) is 0 Å². The molecule has 2 N–H and O–H groups in total. The Hall–Kier alpha value is -3.43. The Kier molecular flexibility index (Phi) is 5.86. The van der Waals surface area contributed by atoms with E-state index >= 15 is 0 Å². The lowest BCUT2D eigenvalue weighted by molar-refractivity contribution is 0.0941. The van der Waals surface area contributed by atoms with Crippen LogP contribution in [0.5, 0.6) is 0 Å². The third kappa shape index (κ3) is 4.30. The molecular weight excluding hydrogens is 446 g/mol. The fourth-order valence-electron chi connectivity index (χ4n) is 3.35. The van der Waals surface area contributed by atoms with Gasteiger partial charge >= 0.3 is 4.87 Å². The number of nitrogens with one attached hydrogen (secondary N) is 2. The van der Waals surface area contributed by atoms with Crippen LogP contribution in [0, 0.1) is 0 Å². The molecule has 164 valence electrons. The standard InChI is InChI=1S/C23H21N3O4S2/c1-15(16-8-4-3-5-9-16)24-22(27)18-10-6-7-11-19(18)25-32(29,30)17-12-13-20-21(14-17)31-23(28)26(20)2/h3-15,25H,1-2H3,(H,24,27). The number of benzene rings is 3. The molecule has 1 heterocycles. The second kappa shape index (κ2) is 8.60. The average molecular weight is 468 g/mol. The minimum Gasteiger partial charge on any atom is -0.345 e. The first-order chi connectivity index (χ1) is 15.3. The minimum absolute atomic E-state index is 0.0136. The van der Waals surface area contributed by atoms with Crippen LogP contribution in [0.3, 0.4) is 0 Å². The van der Waals surface area contributed by atoms with E-state index in [0.717, 1.165) is 16.9 Å². The summed E-state index contributed by atoms with van der Waals surface area (Å²) >= 11 is 0.979. The summed E-state index contributed by atoms with van der Waals surface area (Å²) in [5.41, 5.74) is 1.98. The monoisotopic (exact) mass is 467 g/mol. The third-order valence-corrected chi connectivity index (χ3v) is 7.50. The summed E-state index contributed by atoms with van der Waals surface area (Å²) in [6, 6.07) is 20.2. The molecule has 4 aromatic rings. The molecule has 1 amide bonds. The summed E-state index contributed by atoms with van der Waals surface area (Å²) in [4.78, 5) is 24.6. The van der Waals surface area contributed by atoms with E-state index in [1.54, 1.807) is 37.4 Å². The second-order valence-corrected chi connectivity index (χ2v) is 9.99. The maximum atomic E-state index is 13.0. The Labute approximate surface area is 189 Å². The van der Waals surface area contributed by atoms with Gasteiger partial charge in [-0.05, 0) is 42.8 Å². The van der Waals surface area contributed by atoms with Gasteiger partial charge in [0.25, 0.3) is 15.9 Å². The van der Waals surface area contributed by atoms with Crippen LogP contribution in [0.2, 0.25) is 0 Å². The Morgan fingerprint density at radius 2 is 1.69 bits per heavy atom. The highest BCUT2D eigenvalue weighted by molar-refractivity contribution is 7.92. The summed E-state index contributed by atoms with van der Waals surface area (Å²) in [5.74, 6) is -0.392. The first kappa shape index (κ1) is 21.8. The summed E-state index contributed by atoms with van der Waals surface area (Å²) in [7, 11) is -2.34. The lowest BCUT2D eigenvalue weighted by atomic mass is 10.1. The zero-order valence-electron chi connectivity index (χ0n) is 17.4. The van der Waals surface area contributed by atoms with Crippen molar-refractivity contribution in [3.8, 4) is 0 Å². The number of rotatable bonds is 6. The molecule has 1 aromatic heterocycles. The van der Waals surface area contributed by atoms with Gasteiger partial charge in [-0.25, -0.2) is 8.42 Å². The quantitative estimate of drug-likeness (QED) is 0.450. The average Bonchev–Trinajstić information content (AvgIpc) is 3.07. The molecule has 0 fully saturated rings. The number of amides is 1. The second-order valence-electron chi connectivity index (χ2n) is 7.31. The van der Waals surface area contributed by atoms with Gasteiger partial charge in [-0.1, -0.05) is 53.8 Å². The van der Waals surface area contributed by atoms with Crippen molar-refractivity contribution in [2.75, 3.05) is 4.72 Å². The molecule has 7 nitrogen and oxygen atoms in total. The first-order valence-corrected chi connectivity index (χ1v) is 12.1. The highest BCUT2D eigenvalue weighted by Crippen LogP contribution is 2.25. The minimum atomic E-state index is -3.98. The van der Waals surface area contributed by atoms with Gasteiger partial charge in [0.1, 0.15) is 0 Å². The van der Waals surface area contributed by atoms with Crippen molar-refractivity contribution >= 4 is 43.2 Å². The fraction of sp³-hybridized carbons (Fsp3) is 0.130. The maximum Gasteiger partial charge on any atom is 0.307 e. The summed E-state index contributed by atoms with van der Waals surface area (Å²) in [5, 5.41) is 2.90. The maximum absolute atomic E-state index is 13.0. The number of carbonyl (C=O) groups excluding carboxylic acids is 1. The number of thiazole rings is 1. The van der Waals surface area contributed by atoms with Gasteiger partial charge in [0.2, 0.25) is 0 Å². The Morgan fingerprint density at radius 3 is 2.44 bits per heavy atom. The number of hydrogen-bond acceptors (Lipinski definition) is 5. The number of para-hydroxylation sites is 1. The highest BCUT2D eigenvalue weighted by Gasteiger charge is 2.21. The van der Waals surface area contributed by atoms with Crippen molar-refractivity contribution in [2.45, 2.75) is 17.9 Å². The zero-order valence-corrected chi connectivity index (χ0v) is 19.0. The molecule has 0 spiro atoms. The molecule has 1 unspecified atom stereocenters. The molecule has 0 radical (unpaired) electrons. The number of sulfonamides is 1. The Bertz CT molecular complexity index is 1460. The molecule has 0 bridgehead atoms. The van der Waals surface area contributed by atoms with Crippen LogP contribution < -0.4 is 14.9 Å². The zero-order chi connectivity index (χ0) is 22.9. The smallest absolute Gasteiger partial charge is 0.307 e. The lowest BCUT2D eigenvalue weighted by Crippen LogP contribution is -2.28. The summed E-state index contributed by atoms with van der Waals surface area (Å²) in [6.45, 7) is 1.86. The normalized spacial score (nSPS) is 12.4. The van der Waals surface area contributed by atoms with E-state index in [-0.39, 0.29) is 27.1 Å². The number of nitrogens with zero attached hydrogens (tertiary/aromatic N) is 1. The topological polar surface area (TPSA) is 97.3 Å². The van der Waals surface area contributed by atoms with Crippen LogP contribution in [0.25, 0.3) is 10.2 Å². The summed E-state index contributed by atoms with van der Waals surface area (Å²) in [6.07, 6.45) is 0. The van der Waals surface area contributed by atoms with Crippen molar-refractivity contribution < 1.29 is 13.2 Å². The van der Waals surface area contributed by atoms with Crippen LogP contribution in [-0.4, -0.2) is 18.9 Å². The molecular formula is C23H21N3O4S2. The van der Waals surface area contributed by atoms with Crippen LogP contribution in [-0.2, 0) is 17.1 Å². The molecule has 0 saturated carbocycles. The largest absolute Gasteiger partial charge is 0.345 e. The van der Waals surface area contributed by atoms with Crippen LogP contribution in [0.15, 0.2) is 82.5 Å². The molecule has 32 heavy (non-hydrogen) atoms. The van der Waals surface area contributed by atoms with Crippen molar-refractivity contribution in [3.05, 3.63) is 93.6 Å². The number of aryl methyl sites for hydroxylation is 1. The Balaban J connectivity index is 1.61. The van der Waals surface area contributed by atoms with Crippen molar-refractivity contribution in [2.24, 2.45) is 7.05 Å². The predicted molar refractivity (Wildman–Crippen MR) is 127 cm³/mol. The number of anilines is 1.